The molecule has 4 nitrogen and oxygen atoms in total. The second kappa shape index (κ2) is 7.21. The van der Waals surface area contributed by atoms with Gasteiger partial charge in [0, 0.05) is 6.42 Å². The zero-order valence-electron chi connectivity index (χ0n) is 12.0. The number of hydrogen-bond donors (Lipinski definition) is 1. The lowest BCUT2D eigenvalue weighted by atomic mass is 9.99. The summed E-state index contributed by atoms with van der Waals surface area (Å²) < 4.78 is 71.0. The summed E-state index contributed by atoms with van der Waals surface area (Å²) in [4.78, 5) is 23.7. The molecular formula is C14H11F5O4. The molecule has 0 heterocycles. The number of benzene rings is 1. The van der Waals surface area contributed by atoms with Crippen molar-refractivity contribution in [1.29, 1.82) is 0 Å². The van der Waals surface area contributed by atoms with Gasteiger partial charge in [-0.2, -0.15) is 0 Å². The van der Waals surface area contributed by atoms with Crippen LogP contribution in [0.25, 0.3) is 0 Å². The van der Waals surface area contributed by atoms with Gasteiger partial charge < -0.3 is 9.84 Å². The van der Waals surface area contributed by atoms with Gasteiger partial charge in [0.2, 0.25) is 11.6 Å². The Morgan fingerprint density at radius 1 is 0.913 bits per heavy atom. The van der Waals surface area contributed by atoms with Crippen LogP contribution >= 0.6 is 0 Å². The van der Waals surface area contributed by atoms with Gasteiger partial charge in [0.25, 0.3) is 0 Å². The first-order valence-electron chi connectivity index (χ1n) is 6.34. The summed E-state index contributed by atoms with van der Waals surface area (Å²) >= 11 is 0. The van der Waals surface area contributed by atoms with E-state index in [0.29, 0.717) is 0 Å². The number of rotatable bonds is 5. The van der Waals surface area contributed by atoms with Crippen LogP contribution in [0.2, 0.25) is 0 Å². The number of ketones is 1. The van der Waals surface area contributed by atoms with Crippen molar-refractivity contribution < 1.29 is 41.4 Å². The Bertz CT molecular complexity index is 668. The number of allylic oxidation sites excluding steroid dienone is 1. The molecule has 0 aliphatic rings. The Labute approximate surface area is 127 Å². The predicted octanol–water partition coefficient (Wildman–Crippen LogP) is 3.35. The molecule has 0 spiro atoms. The predicted molar refractivity (Wildman–Crippen MR) is 67.1 cm³/mol. The van der Waals surface area contributed by atoms with Gasteiger partial charge >= 0.3 is 5.97 Å². The molecule has 0 saturated carbocycles. The van der Waals surface area contributed by atoms with Crippen LogP contribution in [0.5, 0.6) is 0 Å². The Kier molecular flexibility index (Phi) is 5.83. The normalized spacial score (nSPS) is 12.0. The largest absolute Gasteiger partial charge is 0.511 e. The first-order chi connectivity index (χ1) is 10.7. The van der Waals surface area contributed by atoms with E-state index in [9.17, 15) is 36.6 Å². The Hall–Kier alpha value is -2.45. The van der Waals surface area contributed by atoms with Crippen LogP contribution in [0.15, 0.2) is 11.3 Å². The monoisotopic (exact) mass is 338 g/mol. The van der Waals surface area contributed by atoms with Crippen LogP contribution in [0.1, 0.15) is 30.6 Å². The number of esters is 1. The smallest absolute Gasteiger partial charge is 0.345 e. The van der Waals surface area contributed by atoms with Gasteiger partial charge in [0.1, 0.15) is 16.9 Å². The van der Waals surface area contributed by atoms with E-state index in [0.717, 1.165) is 0 Å². The lowest BCUT2D eigenvalue weighted by Crippen LogP contribution is -2.22. The van der Waals surface area contributed by atoms with E-state index in [1.54, 1.807) is 0 Å². The second-order valence-corrected chi connectivity index (χ2v) is 4.17. The SMILES string of the molecule is CCOC(=O)/C(C(=O)c1c(F)c(F)c(F)c(F)c1F)=C(\O)CC. The van der Waals surface area contributed by atoms with Crippen molar-refractivity contribution in [3.8, 4) is 0 Å². The molecule has 0 aliphatic heterocycles. The maximum atomic E-state index is 13.6. The molecule has 126 valence electrons. The summed E-state index contributed by atoms with van der Waals surface area (Å²) in [6, 6.07) is 0. The molecule has 1 N–H and O–H groups in total. The molecule has 0 bridgehead atoms. The van der Waals surface area contributed by atoms with Crippen molar-refractivity contribution in [2.24, 2.45) is 0 Å². The quantitative estimate of drug-likeness (QED) is 0.103. The van der Waals surface area contributed by atoms with Crippen molar-refractivity contribution >= 4 is 11.8 Å². The van der Waals surface area contributed by atoms with E-state index in [4.69, 9.17) is 0 Å². The lowest BCUT2D eigenvalue weighted by molar-refractivity contribution is -0.138. The zero-order chi connectivity index (χ0) is 17.9. The minimum atomic E-state index is -2.45. The summed E-state index contributed by atoms with van der Waals surface area (Å²) in [5.74, 6) is -16.2. The van der Waals surface area contributed by atoms with Crippen LogP contribution in [-0.2, 0) is 9.53 Å². The molecule has 0 saturated heterocycles. The average Bonchev–Trinajstić information content (AvgIpc) is 2.51. The Balaban J connectivity index is 3.63. The highest BCUT2D eigenvalue weighted by atomic mass is 19.2. The number of carbonyl (C=O) groups is 2. The first-order valence-corrected chi connectivity index (χ1v) is 6.34. The van der Waals surface area contributed by atoms with Gasteiger partial charge in [0.15, 0.2) is 23.3 Å². The highest BCUT2D eigenvalue weighted by molar-refractivity contribution is 6.24. The Morgan fingerprint density at radius 2 is 1.35 bits per heavy atom. The van der Waals surface area contributed by atoms with Crippen molar-refractivity contribution in [1.82, 2.24) is 0 Å². The average molecular weight is 338 g/mol. The van der Waals surface area contributed by atoms with Crippen molar-refractivity contribution in [3.63, 3.8) is 0 Å². The van der Waals surface area contributed by atoms with Gasteiger partial charge in [-0.15, -0.1) is 0 Å². The highest BCUT2D eigenvalue weighted by Gasteiger charge is 2.35. The fourth-order valence-corrected chi connectivity index (χ4v) is 1.65. The van der Waals surface area contributed by atoms with Crippen molar-refractivity contribution in [2.75, 3.05) is 6.61 Å². The molecule has 0 atom stereocenters. The van der Waals surface area contributed by atoms with Crippen molar-refractivity contribution in [3.05, 3.63) is 46.0 Å². The summed E-state index contributed by atoms with van der Waals surface area (Å²) in [7, 11) is 0. The number of aliphatic hydroxyl groups excluding tert-OH is 1. The first kappa shape index (κ1) is 18.6. The molecule has 1 rings (SSSR count). The number of hydrogen-bond acceptors (Lipinski definition) is 4. The molecule has 1 aromatic carbocycles. The van der Waals surface area contributed by atoms with Gasteiger partial charge in [-0.25, -0.2) is 26.7 Å². The van der Waals surface area contributed by atoms with E-state index in [-0.39, 0.29) is 13.0 Å². The minimum Gasteiger partial charge on any atom is -0.511 e. The third-order valence-electron chi connectivity index (χ3n) is 2.77. The highest BCUT2D eigenvalue weighted by Crippen LogP contribution is 2.26. The molecule has 0 amide bonds. The minimum absolute atomic E-state index is 0.246. The van der Waals surface area contributed by atoms with Gasteiger partial charge in [-0.1, -0.05) is 6.92 Å². The van der Waals surface area contributed by atoms with Crippen LogP contribution in [0.4, 0.5) is 22.0 Å². The fraction of sp³-hybridized carbons (Fsp3) is 0.286. The summed E-state index contributed by atoms with van der Waals surface area (Å²) in [6.07, 6.45) is -0.310. The van der Waals surface area contributed by atoms with Crippen LogP contribution in [0, 0.1) is 29.1 Å². The summed E-state index contributed by atoms with van der Waals surface area (Å²) in [5, 5.41) is 9.57. The van der Waals surface area contributed by atoms with Crippen LogP contribution < -0.4 is 0 Å². The number of ether oxygens (including phenoxy) is 1. The number of aliphatic hydroxyl groups is 1. The number of carbonyl (C=O) groups excluding carboxylic acids is 2. The van der Waals surface area contributed by atoms with Gasteiger partial charge in [-0.05, 0) is 6.92 Å². The molecule has 0 radical (unpaired) electrons. The molecule has 0 aliphatic carbocycles. The molecule has 0 unspecified atom stereocenters. The maximum absolute atomic E-state index is 13.6. The van der Waals surface area contributed by atoms with Crippen LogP contribution in [0.3, 0.4) is 0 Å². The van der Waals surface area contributed by atoms with E-state index in [2.05, 4.69) is 4.74 Å². The molecular weight excluding hydrogens is 327 g/mol. The maximum Gasteiger partial charge on any atom is 0.345 e. The molecule has 9 heteroatoms. The fourth-order valence-electron chi connectivity index (χ4n) is 1.65. The molecule has 1 aromatic rings. The molecule has 0 fully saturated rings. The summed E-state index contributed by atoms with van der Waals surface area (Å²) in [5.41, 5.74) is -3.04. The van der Waals surface area contributed by atoms with E-state index >= 15 is 0 Å². The van der Waals surface area contributed by atoms with Gasteiger partial charge in [0.05, 0.1) is 6.61 Å². The zero-order valence-corrected chi connectivity index (χ0v) is 12.0. The topological polar surface area (TPSA) is 63.6 Å². The van der Waals surface area contributed by atoms with Crippen LogP contribution in [-0.4, -0.2) is 23.5 Å². The number of Topliss-reactive ketones (excluding diaryl/α,β-unsaturated/α-hetero) is 1. The molecule has 0 aromatic heterocycles. The third kappa shape index (κ3) is 3.33. The van der Waals surface area contributed by atoms with Crippen molar-refractivity contribution in [2.45, 2.75) is 20.3 Å². The summed E-state index contributed by atoms with van der Waals surface area (Å²) in [6.45, 7) is 2.39. The van der Waals surface area contributed by atoms with E-state index < -0.39 is 57.7 Å². The standard InChI is InChI=1S/C14H11F5O4/c1-3-5(20)6(14(22)23-4-2)13(21)7-8(15)10(17)12(19)11(18)9(7)16/h20H,3-4H2,1-2H3/b6-5-. The van der Waals surface area contributed by atoms with Gasteiger partial charge in [-0.3, -0.25) is 4.79 Å². The second-order valence-electron chi connectivity index (χ2n) is 4.17. The van der Waals surface area contributed by atoms with E-state index in [1.165, 1.54) is 13.8 Å². The lowest BCUT2D eigenvalue weighted by Gasteiger charge is -2.11. The Morgan fingerprint density at radius 3 is 1.74 bits per heavy atom. The van der Waals surface area contributed by atoms with E-state index in [1.807, 2.05) is 0 Å². The number of halogens is 5. The molecule has 23 heavy (non-hydrogen) atoms. The third-order valence-corrected chi connectivity index (χ3v) is 2.77.